The van der Waals surface area contributed by atoms with Gasteiger partial charge in [0, 0.05) is 17.5 Å². The van der Waals surface area contributed by atoms with Crippen LogP contribution in [0.15, 0.2) is 158 Å². The van der Waals surface area contributed by atoms with Crippen LogP contribution in [0.3, 0.4) is 0 Å². The van der Waals surface area contributed by atoms with E-state index in [1.165, 1.54) is 71.3 Å². The Hall–Kier alpha value is -5.53. The van der Waals surface area contributed by atoms with Crippen LogP contribution in [-0.4, -0.2) is 4.98 Å². The number of fused-ring (bicyclic) bond motifs is 3. The summed E-state index contributed by atoms with van der Waals surface area (Å²) in [6.07, 6.45) is 1.95. The average molecular weight is 548 g/mol. The van der Waals surface area contributed by atoms with E-state index in [4.69, 9.17) is 0 Å². The summed E-state index contributed by atoms with van der Waals surface area (Å²) < 4.78 is 0. The fourth-order valence-corrected chi connectivity index (χ4v) is 6.44. The molecule has 0 N–H and O–H groups in total. The van der Waals surface area contributed by atoms with Crippen LogP contribution >= 0.6 is 0 Å². The summed E-state index contributed by atoms with van der Waals surface area (Å²) in [6.45, 7) is 2.02. The molecule has 0 saturated carbocycles. The number of aromatic nitrogens is 1. The number of benzene rings is 7. The Kier molecular flexibility index (Phi) is 6.09. The zero-order valence-corrected chi connectivity index (χ0v) is 24.0. The molecule has 43 heavy (non-hydrogen) atoms. The lowest BCUT2D eigenvalue weighted by atomic mass is 9.85. The molecule has 8 rings (SSSR count). The normalized spacial score (nSPS) is 11.4. The first-order valence-corrected chi connectivity index (χ1v) is 14.8. The van der Waals surface area contributed by atoms with Gasteiger partial charge in [0.15, 0.2) is 0 Å². The third kappa shape index (κ3) is 4.47. The second kappa shape index (κ2) is 10.4. The first kappa shape index (κ1) is 25.2. The van der Waals surface area contributed by atoms with Crippen molar-refractivity contribution in [3.05, 3.63) is 164 Å². The van der Waals surface area contributed by atoms with Crippen molar-refractivity contribution in [2.45, 2.75) is 6.92 Å². The predicted molar refractivity (Wildman–Crippen MR) is 183 cm³/mol. The van der Waals surface area contributed by atoms with Crippen LogP contribution in [0.1, 0.15) is 5.69 Å². The van der Waals surface area contributed by atoms with Gasteiger partial charge in [0.2, 0.25) is 0 Å². The Labute approximate surface area is 251 Å². The van der Waals surface area contributed by atoms with E-state index >= 15 is 0 Å². The van der Waals surface area contributed by atoms with E-state index in [-0.39, 0.29) is 0 Å². The van der Waals surface area contributed by atoms with Gasteiger partial charge in [-0.05, 0) is 96.4 Å². The highest BCUT2D eigenvalue weighted by molar-refractivity contribution is 6.21. The molecular weight excluding hydrogens is 518 g/mol. The van der Waals surface area contributed by atoms with Gasteiger partial charge >= 0.3 is 0 Å². The van der Waals surface area contributed by atoms with Crippen molar-refractivity contribution >= 4 is 32.3 Å². The quantitative estimate of drug-likeness (QED) is 0.200. The summed E-state index contributed by atoms with van der Waals surface area (Å²) in [6, 6.07) is 55.2. The fourth-order valence-electron chi connectivity index (χ4n) is 6.44. The van der Waals surface area contributed by atoms with Crippen LogP contribution in [0, 0.1) is 6.92 Å². The Bertz CT molecular complexity index is 2220. The van der Waals surface area contributed by atoms with Gasteiger partial charge in [-0.1, -0.05) is 133 Å². The lowest BCUT2D eigenvalue weighted by Crippen LogP contribution is -1.91. The predicted octanol–water partition coefficient (Wildman–Crippen LogP) is 11.5. The maximum absolute atomic E-state index is 4.47. The molecule has 202 valence electrons. The second-order valence-electron chi connectivity index (χ2n) is 11.2. The lowest BCUT2D eigenvalue weighted by molar-refractivity contribution is 1.20. The first-order chi connectivity index (χ1) is 21.2. The third-order valence-electron chi connectivity index (χ3n) is 8.58. The van der Waals surface area contributed by atoms with Crippen LogP contribution < -0.4 is 0 Å². The van der Waals surface area contributed by atoms with Gasteiger partial charge in [-0.25, -0.2) is 0 Å². The van der Waals surface area contributed by atoms with Crippen LogP contribution in [0.5, 0.6) is 0 Å². The van der Waals surface area contributed by atoms with E-state index in [2.05, 4.69) is 157 Å². The van der Waals surface area contributed by atoms with Gasteiger partial charge in [0.1, 0.15) is 0 Å². The molecule has 0 fully saturated rings. The molecule has 8 aromatic rings. The van der Waals surface area contributed by atoms with Crippen LogP contribution in [0.4, 0.5) is 0 Å². The van der Waals surface area contributed by atoms with Gasteiger partial charge in [-0.2, -0.15) is 0 Å². The van der Waals surface area contributed by atoms with Crippen molar-refractivity contribution in [3.8, 4) is 44.5 Å². The molecule has 0 atom stereocenters. The smallest absolute Gasteiger partial charge is 0.0373 e. The highest BCUT2D eigenvalue weighted by Crippen LogP contribution is 2.44. The topological polar surface area (TPSA) is 12.9 Å². The molecule has 0 bridgehead atoms. The number of aryl methyl sites for hydroxylation is 1. The van der Waals surface area contributed by atoms with Crippen molar-refractivity contribution in [1.82, 2.24) is 4.98 Å². The monoisotopic (exact) mass is 547 g/mol. The first-order valence-electron chi connectivity index (χ1n) is 14.8. The molecule has 0 aliphatic heterocycles. The Morgan fingerprint density at radius 3 is 1.44 bits per heavy atom. The largest absolute Gasteiger partial charge is 0.261 e. The van der Waals surface area contributed by atoms with Gasteiger partial charge in [0.05, 0.1) is 0 Å². The highest BCUT2D eigenvalue weighted by Gasteiger charge is 2.17. The highest BCUT2D eigenvalue weighted by atomic mass is 14.7. The van der Waals surface area contributed by atoms with Gasteiger partial charge in [-0.3, -0.25) is 4.98 Å². The van der Waals surface area contributed by atoms with Crippen molar-refractivity contribution in [2.24, 2.45) is 0 Å². The van der Waals surface area contributed by atoms with Crippen molar-refractivity contribution in [1.29, 1.82) is 0 Å². The molecule has 1 nitrogen and oxygen atoms in total. The van der Waals surface area contributed by atoms with E-state index in [1.807, 2.05) is 13.1 Å². The summed E-state index contributed by atoms with van der Waals surface area (Å²) in [5, 5.41) is 7.60. The lowest BCUT2D eigenvalue weighted by Gasteiger charge is -2.18. The molecule has 7 aromatic carbocycles. The average Bonchev–Trinajstić information content (AvgIpc) is 3.07. The molecule has 1 aromatic heterocycles. The van der Waals surface area contributed by atoms with Gasteiger partial charge < -0.3 is 0 Å². The molecule has 0 aliphatic rings. The minimum Gasteiger partial charge on any atom is -0.261 e. The summed E-state index contributed by atoms with van der Waals surface area (Å²) in [7, 11) is 0. The second-order valence-corrected chi connectivity index (χ2v) is 11.2. The minimum atomic E-state index is 1.03. The molecule has 0 spiro atoms. The molecular formula is C42H29N. The maximum Gasteiger partial charge on any atom is 0.0373 e. The van der Waals surface area contributed by atoms with Crippen LogP contribution in [0.25, 0.3) is 76.8 Å². The number of pyridine rings is 1. The Morgan fingerprint density at radius 1 is 0.349 bits per heavy atom. The minimum absolute atomic E-state index is 1.03. The number of hydrogen-bond acceptors (Lipinski definition) is 1. The maximum atomic E-state index is 4.47. The SMILES string of the molecule is Cc1ccc(-c2ccc(-c3cccc(-c4c5ccccc5c(-c5ccc6ccccc6c5)c5ccccc45)c3)cc2)cn1. The molecule has 1 heteroatoms. The number of hydrogen-bond donors (Lipinski definition) is 0. The van der Waals surface area contributed by atoms with Crippen molar-refractivity contribution < 1.29 is 0 Å². The van der Waals surface area contributed by atoms with E-state index in [1.54, 1.807) is 0 Å². The summed E-state index contributed by atoms with van der Waals surface area (Å²) in [5.74, 6) is 0. The summed E-state index contributed by atoms with van der Waals surface area (Å²) in [4.78, 5) is 4.47. The zero-order chi connectivity index (χ0) is 28.8. The molecule has 0 unspecified atom stereocenters. The summed E-state index contributed by atoms with van der Waals surface area (Å²) >= 11 is 0. The number of nitrogens with zero attached hydrogens (tertiary/aromatic N) is 1. The van der Waals surface area contributed by atoms with Crippen molar-refractivity contribution in [2.75, 3.05) is 0 Å². The van der Waals surface area contributed by atoms with E-state index in [0.29, 0.717) is 0 Å². The Balaban J connectivity index is 1.30. The third-order valence-corrected chi connectivity index (χ3v) is 8.58. The molecule has 0 saturated heterocycles. The summed E-state index contributed by atoms with van der Waals surface area (Å²) in [5.41, 5.74) is 10.8. The standard InChI is InChI=1S/C42H29N/c1-28-17-18-36(27-43-28)31-21-19-30(20-22-31)33-11-8-12-34(25-33)41-37-13-4-6-15-39(37)42(40-16-7-5-14-38(40)41)35-24-23-29-9-2-3-10-32(29)26-35/h2-27H,1H3. The zero-order valence-electron chi connectivity index (χ0n) is 24.0. The van der Waals surface area contributed by atoms with E-state index < -0.39 is 0 Å². The Morgan fingerprint density at radius 2 is 0.837 bits per heavy atom. The van der Waals surface area contributed by atoms with Crippen molar-refractivity contribution in [3.63, 3.8) is 0 Å². The molecule has 0 aliphatic carbocycles. The van der Waals surface area contributed by atoms with Crippen LogP contribution in [0.2, 0.25) is 0 Å². The fraction of sp³-hybridized carbons (Fsp3) is 0.0238. The van der Waals surface area contributed by atoms with E-state index in [0.717, 1.165) is 11.3 Å². The molecule has 0 radical (unpaired) electrons. The van der Waals surface area contributed by atoms with Crippen LogP contribution in [-0.2, 0) is 0 Å². The van der Waals surface area contributed by atoms with Gasteiger partial charge in [0.25, 0.3) is 0 Å². The number of rotatable bonds is 4. The molecule has 0 amide bonds. The van der Waals surface area contributed by atoms with Gasteiger partial charge in [-0.15, -0.1) is 0 Å². The molecule has 1 heterocycles. The van der Waals surface area contributed by atoms with E-state index in [9.17, 15) is 0 Å².